The molecule has 1 fully saturated rings. The minimum absolute atomic E-state index is 0.505. The van der Waals surface area contributed by atoms with Crippen LogP contribution in [-0.4, -0.2) is 17.0 Å². The van der Waals surface area contributed by atoms with E-state index in [9.17, 15) is 0 Å². The van der Waals surface area contributed by atoms with Crippen LogP contribution in [0.4, 0.5) is 0 Å². The minimum Gasteiger partial charge on any atom is -0.375 e. The maximum atomic E-state index is 5.74. The van der Waals surface area contributed by atoms with Crippen molar-refractivity contribution in [3.05, 3.63) is 0 Å². The Bertz CT molecular complexity index is 127. The molecule has 1 heterocycles. The summed E-state index contributed by atoms with van der Waals surface area (Å²) in [6.07, 6.45) is 7.29. The molecule has 12 heavy (non-hydrogen) atoms. The molecule has 0 radical (unpaired) electrons. The summed E-state index contributed by atoms with van der Waals surface area (Å²) in [6.45, 7) is 4.39. The molecule has 1 saturated heterocycles. The largest absolute Gasteiger partial charge is 0.375 e. The van der Waals surface area contributed by atoms with Gasteiger partial charge in [-0.1, -0.05) is 22.9 Å². The van der Waals surface area contributed by atoms with Gasteiger partial charge in [0.05, 0.1) is 12.2 Å². The quantitative estimate of drug-likeness (QED) is 0.677. The number of hydrogen-bond donors (Lipinski definition) is 0. The van der Waals surface area contributed by atoms with Crippen molar-refractivity contribution in [1.29, 1.82) is 0 Å². The number of ether oxygens (including phenoxy) is 1. The monoisotopic (exact) mass is 234 g/mol. The summed E-state index contributed by atoms with van der Waals surface area (Å²) in [4.78, 5) is 0.692. The first-order chi connectivity index (χ1) is 5.72. The predicted molar refractivity (Wildman–Crippen MR) is 55.8 cm³/mol. The third kappa shape index (κ3) is 3.44. The Morgan fingerprint density at radius 3 is 2.75 bits per heavy atom. The fraction of sp³-hybridized carbons (Fsp3) is 1.00. The Morgan fingerprint density at radius 1 is 1.50 bits per heavy atom. The van der Waals surface area contributed by atoms with Crippen molar-refractivity contribution in [3.8, 4) is 0 Å². The highest BCUT2D eigenvalue weighted by atomic mass is 79.9. The summed E-state index contributed by atoms with van der Waals surface area (Å²) in [5, 5.41) is 0. The van der Waals surface area contributed by atoms with Crippen LogP contribution in [-0.2, 0) is 4.74 Å². The second kappa shape index (κ2) is 5.23. The van der Waals surface area contributed by atoms with E-state index in [1.165, 1.54) is 32.1 Å². The van der Waals surface area contributed by atoms with Gasteiger partial charge in [-0.05, 0) is 39.0 Å². The van der Waals surface area contributed by atoms with Crippen molar-refractivity contribution in [3.63, 3.8) is 0 Å². The highest BCUT2D eigenvalue weighted by molar-refractivity contribution is 9.09. The molecule has 0 N–H and O–H groups in total. The van der Waals surface area contributed by atoms with Gasteiger partial charge in [-0.3, -0.25) is 0 Å². The molecule has 0 spiro atoms. The lowest BCUT2D eigenvalue weighted by molar-refractivity contribution is 0.0498. The van der Waals surface area contributed by atoms with Gasteiger partial charge in [0.1, 0.15) is 0 Å². The van der Waals surface area contributed by atoms with Crippen molar-refractivity contribution >= 4 is 15.9 Å². The second-order valence-corrected chi connectivity index (χ2v) is 5.02. The van der Waals surface area contributed by atoms with Crippen molar-refractivity contribution in [2.24, 2.45) is 0 Å². The number of halogens is 1. The molecule has 0 saturated carbocycles. The number of hydrogen-bond acceptors (Lipinski definition) is 1. The van der Waals surface area contributed by atoms with Gasteiger partial charge >= 0.3 is 0 Å². The first-order valence-corrected chi connectivity index (χ1v) is 5.93. The van der Waals surface area contributed by atoms with Crippen LogP contribution in [0.1, 0.15) is 46.0 Å². The molecule has 0 bridgehead atoms. The predicted octanol–water partition coefficient (Wildman–Crippen LogP) is 3.51. The molecule has 2 heteroatoms. The van der Waals surface area contributed by atoms with Gasteiger partial charge in [-0.15, -0.1) is 0 Å². The van der Waals surface area contributed by atoms with Gasteiger partial charge in [-0.25, -0.2) is 0 Å². The van der Waals surface area contributed by atoms with E-state index in [4.69, 9.17) is 4.74 Å². The van der Waals surface area contributed by atoms with Crippen LogP contribution in [0, 0.1) is 0 Å². The fourth-order valence-corrected chi connectivity index (χ4v) is 1.93. The van der Waals surface area contributed by atoms with Crippen LogP contribution in [0.25, 0.3) is 0 Å². The van der Waals surface area contributed by atoms with Crippen molar-refractivity contribution in [2.45, 2.75) is 63.0 Å². The van der Waals surface area contributed by atoms with E-state index < -0.39 is 0 Å². The zero-order valence-electron chi connectivity index (χ0n) is 8.05. The first kappa shape index (κ1) is 10.5. The van der Waals surface area contributed by atoms with Crippen molar-refractivity contribution in [2.75, 3.05) is 0 Å². The lowest BCUT2D eigenvalue weighted by Gasteiger charge is -2.12. The molecule has 1 aliphatic rings. The van der Waals surface area contributed by atoms with Crippen LogP contribution in [0.15, 0.2) is 0 Å². The zero-order chi connectivity index (χ0) is 8.97. The third-order valence-corrected chi connectivity index (χ3v) is 3.67. The van der Waals surface area contributed by atoms with Gasteiger partial charge in [0.25, 0.3) is 0 Å². The maximum Gasteiger partial charge on any atom is 0.0580 e. The molecule has 1 rings (SSSR count). The molecule has 1 aliphatic heterocycles. The van der Waals surface area contributed by atoms with Crippen LogP contribution >= 0.6 is 15.9 Å². The van der Waals surface area contributed by atoms with Gasteiger partial charge in [-0.2, -0.15) is 0 Å². The lowest BCUT2D eigenvalue weighted by Crippen LogP contribution is -2.10. The molecular weight excluding hydrogens is 216 g/mol. The standard InChI is InChI=1S/C10H19BrO/c1-3-9(11)5-7-10-6-4-8(2)12-10/h8-10H,3-7H2,1-2H3. The molecule has 0 aromatic rings. The average Bonchev–Trinajstić information content (AvgIpc) is 2.47. The molecule has 3 atom stereocenters. The summed E-state index contributed by atoms with van der Waals surface area (Å²) in [5.74, 6) is 0. The number of rotatable bonds is 4. The highest BCUT2D eigenvalue weighted by Gasteiger charge is 2.21. The van der Waals surface area contributed by atoms with Crippen molar-refractivity contribution in [1.82, 2.24) is 0 Å². The van der Waals surface area contributed by atoms with E-state index in [0.29, 0.717) is 17.0 Å². The molecule has 1 nitrogen and oxygen atoms in total. The van der Waals surface area contributed by atoms with Gasteiger partial charge in [0.2, 0.25) is 0 Å². The molecule has 0 amide bonds. The average molecular weight is 235 g/mol. The Morgan fingerprint density at radius 2 is 2.25 bits per heavy atom. The van der Waals surface area contributed by atoms with E-state index in [1.54, 1.807) is 0 Å². The van der Waals surface area contributed by atoms with E-state index >= 15 is 0 Å². The van der Waals surface area contributed by atoms with Gasteiger partial charge in [0, 0.05) is 4.83 Å². The first-order valence-electron chi connectivity index (χ1n) is 5.02. The fourth-order valence-electron chi connectivity index (χ4n) is 1.67. The summed E-state index contributed by atoms with van der Waals surface area (Å²) in [6, 6.07) is 0. The van der Waals surface area contributed by atoms with E-state index in [1.807, 2.05) is 0 Å². The summed E-state index contributed by atoms with van der Waals surface area (Å²) < 4.78 is 5.74. The second-order valence-electron chi connectivity index (χ2n) is 3.73. The lowest BCUT2D eigenvalue weighted by atomic mass is 10.1. The van der Waals surface area contributed by atoms with E-state index in [0.717, 1.165) is 0 Å². The molecule has 0 aliphatic carbocycles. The normalized spacial score (nSPS) is 32.2. The Labute approximate surface area is 84.0 Å². The summed E-state index contributed by atoms with van der Waals surface area (Å²) >= 11 is 3.64. The Kier molecular flexibility index (Phi) is 4.59. The Hall–Kier alpha value is 0.440. The smallest absolute Gasteiger partial charge is 0.0580 e. The van der Waals surface area contributed by atoms with E-state index in [2.05, 4.69) is 29.8 Å². The van der Waals surface area contributed by atoms with Crippen LogP contribution in [0.3, 0.4) is 0 Å². The topological polar surface area (TPSA) is 9.23 Å². The van der Waals surface area contributed by atoms with Crippen molar-refractivity contribution < 1.29 is 4.74 Å². The highest BCUT2D eigenvalue weighted by Crippen LogP contribution is 2.24. The summed E-state index contributed by atoms with van der Waals surface area (Å²) in [5.41, 5.74) is 0. The summed E-state index contributed by atoms with van der Waals surface area (Å²) in [7, 11) is 0. The van der Waals surface area contributed by atoms with E-state index in [-0.39, 0.29) is 0 Å². The zero-order valence-corrected chi connectivity index (χ0v) is 9.64. The molecule has 0 aromatic heterocycles. The minimum atomic E-state index is 0.505. The van der Waals surface area contributed by atoms with Crippen LogP contribution in [0.2, 0.25) is 0 Å². The Balaban J connectivity index is 2.07. The molecule has 0 aromatic carbocycles. The maximum absolute atomic E-state index is 5.74. The SMILES string of the molecule is CCC(Br)CCC1CCC(C)O1. The molecule has 72 valence electrons. The third-order valence-electron chi connectivity index (χ3n) is 2.56. The molecule has 3 unspecified atom stereocenters. The van der Waals surface area contributed by atoms with Gasteiger partial charge < -0.3 is 4.74 Å². The molecular formula is C10H19BrO. The van der Waals surface area contributed by atoms with Gasteiger partial charge in [0.15, 0.2) is 0 Å². The van der Waals surface area contributed by atoms with Crippen LogP contribution < -0.4 is 0 Å². The van der Waals surface area contributed by atoms with Crippen LogP contribution in [0.5, 0.6) is 0 Å². The number of alkyl halides is 1.